The van der Waals surface area contributed by atoms with Crippen LogP contribution >= 0.6 is 0 Å². The quantitative estimate of drug-likeness (QED) is 0.140. The standard InChI is InChI=1S/C48H50N2O/c1-7-10-18-33(5)40-29-43-35-21-14-15-23-37(35)46(48(8-2,9-3)50(43)31-41(40)34-19-12-11-13-20-34)39-27-26-38-36-22-16-17-24-44(36)51-47(38)45(39)42-28-25-32(4)30-49(42)6/h11-17,19-31,33,46H,7-10,18H2,1-6H3/q+2. The number of hydrogen-bond acceptors (Lipinski definition) is 1. The van der Waals surface area contributed by atoms with Crippen molar-refractivity contribution in [3.05, 3.63) is 144 Å². The lowest BCUT2D eigenvalue weighted by Gasteiger charge is -2.41. The zero-order valence-corrected chi connectivity index (χ0v) is 31.0. The zero-order chi connectivity index (χ0) is 35.3. The molecule has 2 unspecified atom stereocenters. The predicted molar refractivity (Wildman–Crippen MR) is 211 cm³/mol. The third kappa shape index (κ3) is 5.32. The smallest absolute Gasteiger partial charge is 0.216 e. The van der Waals surface area contributed by atoms with Gasteiger partial charge >= 0.3 is 0 Å². The number of benzene rings is 4. The van der Waals surface area contributed by atoms with Crippen LogP contribution in [0.25, 0.3) is 55.6 Å². The van der Waals surface area contributed by atoms with Crippen molar-refractivity contribution < 1.29 is 13.6 Å². The van der Waals surface area contributed by atoms with E-state index in [0.717, 1.165) is 34.8 Å². The molecule has 0 saturated carbocycles. The van der Waals surface area contributed by atoms with Crippen LogP contribution in [0.1, 0.15) is 93.9 Å². The first-order valence-electron chi connectivity index (χ1n) is 19.1. The van der Waals surface area contributed by atoms with E-state index in [0.29, 0.717) is 5.92 Å². The number of fused-ring (bicyclic) bond motifs is 6. The predicted octanol–water partition coefficient (Wildman–Crippen LogP) is 12.0. The van der Waals surface area contributed by atoms with E-state index in [-0.39, 0.29) is 11.5 Å². The Morgan fingerprint density at radius 3 is 2.24 bits per heavy atom. The number of para-hydroxylation sites is 1. The fourth-order valence-corrected chi connectivity index (χ4v) is 9.26. The Labute approximate surface area is 303 Å². The Morgan fingerprint density at radius 2 is 1.47 bits per heavy atom. The number of hydrogen-bond donors (Lipinski definition) is 0. The number of furan rings is 1. The van der Waals surface area contributed by atoms with Gasteiger partial charge < -0.3 is 4.42 Å². The molecule has 3 heteroatoms. The molecule has 0 radical (unpaired) electrons. The molecule has 0 saturated heterocycles. The molecule has 0 bridgehead atoms. The summed E-state index contributed by atoms with van der Waals surface area (Å²) in [4.78, 5) is 0. The Morgan fingerprint density at radius 1 is 0.725 bits per heavy atom. The minimum absolute atomic E-state index is 0.0853. The highest BCUT2D eigenvalue weighted by Gasteiger charge is 2.53. The van der Waals surface area contributed by atoms with Crippen LogP contribution in [-0.2, 0) is 12.6 Å². The van der Waals surface area contributed by atoms with Crippen molar-refractivity contribution >= 4 is 21.9 Å². The zero-order valence-electron chi connectivity index (χ0n) is 31.0. The number of aromatic nitrogens is 2. The van der Waals surface area contributed by atoms with Gasteiger partial charge in [-0.2, -0.15) is 4.57 Å². The van der Waals surface area contributed by atoms with Crippen molar-refractivity contribution in [2.24, 2.45) is 7.05 Å². The molecule has 3 aromatic heterocycles. The third-order valence-corrected chi connectivity index (χ3v) is 11.9. The highest BCUT2D eigenvalue weighted by molar-refractivity contribution is 6.10. The number of aryl methyl sites for hydroxylation is 2. The number of unbranched alkanes of at least 4 members (excludes halogenated alkanes) is 1. The average Bonchev–Trinajstić information content (AvgIpc) is 3.55. The van der Waals surface area contributed by atoms with Gasteiger partial charge in [0.2, 0.25) is 11.4 Å². The summed E-state index contributed by atoms with van der Waals surface area (Å²) >= 11 is 0. The van der Waals surface area contributed by atoms with E-state index in [1.165, 1.54) is 75.2 Å². The minimum Gasteiger partial charge on any atom is -0.455 e. The van der Waals surface area contributed by atoms with Gasteiger partial charge in [-0.1, -0.05) is 119 Å². The van der Waals surface area contributed by atoms with Crippen LogP contribution in [0.4, 0.5) is 0 Å². The van der Waals surface area contributed by atoms with Gasteiger partial charge in [0.15, 0.2) is 17.9 Å². The van der Waals surface area contributed by atoms with Crippen molar-refractivity contribution in [3.8, 4) is 33.6 Å². The van der Waals surface area contributed by atoms with Crippen LogP contribution in [-0.4, -0.2) is 0 Å². The lowest BCUT2D eigenvalue weighted by molar-refractivity contribution is -0.760. The summed E-state index contributed by atoms with van der Waals surface area (Å²) in [5.41, 5.74) is 14.7. The van der Waals surface area contributed by atoms with Gasteiger partial charge in [-0.05, 0) is 59.7 Å². The van der Waals surface area contributed by atoms with E-state index < -0.39 is 0 Å². The molecule has 1 aliphatic rings. The molecule has 0 aliphatic carbocycles. The molecule has 2 atom stereocenters. The molecule has 8 rings (SSSR count). The molecule has 0 N–H and O–H groups in total. The number of rotatable bonds is 9. The van der Waals surface area contributed by atoms with Crippen LogP contribution in [0.2, 0.25) is 0 Å². The van der Waals surface area contributed by atoms with Crippen LogP contribution in [0.3, 0.4) is 0 Å². The molecule has 1 aliphatic heterocycles. The van der Waals surface area contributed by atoms with E-state index >= 15 is 0 Å². The van der Waals surface area contributed by atoms with E-state index in [1.807, 2.05) is 0 Å². The molecule has 3 nitrogen and oxygen atoms in total. The SMILES string of the molecule is CCCCC(C)c1cc2[n+](cc1-c1ccccc1)C(CC)(CC)C(c1ccc3c(oc4ccccc43)c1-c1ccc(C)c[n+]1C)c1ccccc1-2. The fraction of sp³-hybridized carbons (Fsp3) is 0.292. The van der Waals surface area contributed by atoms with E-state index in [1.54, 1.807) is 0 Å². The van der Waals surface area contributed by atoms with Gasteiger partial charge in [0.05, 0.1) is 17.0 Å². The number of nitrogens with zero attached hydrogens (tertiary/aromatic N) is 2. The summed E-state index contributed by atoms with van der Waals surface area (Å²) in [5, 5.41) is 2.33. The van der Waals surface area contributed by atoms with Crippen LogP contribution in [0.5, 0.6) is 0 Å². The Bertz CT molecular complexity index is 2380. The average molecular weight is 671 g/mol. The maximum absolute atomic E-state index is 6.88. The topological polar surface area (TPSA) is 20.9 Å². The maximum atomic E-state index is 6.88. The van der Waals surface area contributed by atoms with Crippen molar-refractivity contribution in [1.82, 2.24) is 0 Å². The minimum atomic E-state index is -0.226. The second-order valence-electron chi connectivity index (χ2n) is 14.8. The van der Waals surface area contributed by atoms with Crippen LogP contribution < -0.4 is 9.13 Å². The Balaban J connectivity index is 1.47. The lowest BCUT2D eigenvalue weighted by atomic mass is 9.66. The first-order chi connectivity index (χ1) is 24.9. The molecule has 256 valence electrons. The second-order valence-corrected chi connectivity index (χ2v) is 14.8. The van der Waals surface area contributed by atoms with Gasteiger partial charge in [0, 0.05) is 46.9 Å². The maximum Gasteiger partial charge on any atom is 0.216 e. The summed E-state index contributed by atoms with van der Waals surface area (Å²) in [6, 6.07) is 40.6. The van der Waals surface area contributed by atoms with Crippen molar-refractivity contribution in [2.75, 3.05) is 0 Å². The molecule has 4 heterocycles. The Hall–Kier alpha value is -5.02. The number of pyridine rings is 2. The molecule has 0 spiro atoms. The molecular weight excluding hydrogens is 621 g/mol. The van der Waals surface area contributed by atoms with Crippen LogP contribution in [0.15, 0.2) is 126 Å². The van der Waals surface area contributed by atoms with E-state index in [9.17, 15) is 0 Å². The first-order valence-corrected chi connectivity index (χ1v) is 19.1. The van der Waals surface area contributed by atoms with Crippen molar-refractivity contribution in [2.45, 2.75) is 84.1 Å². The molecule has 0 fully saturated rings. The summed E-state index contributed by atoms with van der Waals surface area (Å²) < 4.78 is 11.9. The molecule has 7 aromatic rings. The van der Waals surface area contributed by atoms with E-state index in [2.05, 4.69) is 172 Å². The second kappa shape index (κ2) is 13.3. The molecule has 0 amide bonds. The summed E-state index contributed by atoms with van der Waals surface area (Å²) in [5.74, 6) is 0.541. The molecular formula is C48H50N2O+2. The molecule has 51 heavy (non-hydrogen) atoms. The van der Waals surface area contributed by atoms with Gasteiger partial charge in [-0.15, -0.1) is 0 Å². The van der Waals surface area contributed by atoms with Gasteiger partial charge in [-0.3, -0.25) is 0 Å². The monoisotopic (exact) mass is 670 g/mol. The van der Waals surface area contributed by atoms with Gasteiger partial charge in [0.1, 0.15) is 18.2 Å². The first kappa shape index (κ1) is 33.1. The molecule has 4 aromatic carbocycles. The van der Waals surface area contributed by atoms with Crippen molar-refractivity contribution in [1.29, 1.82) is 0 Å². The Kier molecular flexibility index (Phi) is 8.62. The summed E-state index contributed by atoms with van der Waals surface area (Å²) in [7, 11) is 2.17. The summed E-state index contributed by atoms with van der Waals surface area (Å²) in [6.45, 7) is 11.7. The van der Waals surface area contributed by atoms with Gasteiger partial charge in [-0.25, -0.2) is 4.57 Å². The highest BCUT2D eigenvalue weighted by atomic mass is 16.3. The van der Waals surface area contributed by atoms with Crippen LogP contribution in [0, 0.1) is 6.92 Å². The summed E-state index contributed by atoms with van der Waals surface area (Å²) in [6.07, 6.45) is 10.4. The fourth-order valence-electron chi connectivity index (χ4n) is 9.26. The third-order valence-electron chi connectivity index (χ3n) is 11.9. The largest absolute Gasteiger partial charge is 0.455 e. The highest BCUT2D eigenvalue weighted by Crippen LogP contribution is 2.53. The lowest BCUT2D eigenvalue weighted by Crippen LogP contribution is -2.62. The normalized spacial score (nSPS) is 15.5. The van der Waals surface area contributed by atoms with E-state index in [4.69, 9.17) is 4.42 Å². The van der Waals surface area contributed by atoms with Gasteiger partial charge in [0.25, 0.3) is 0 Å². The van der Waals surface area contributed by atoms with Crippen molar-refractivity contribution in [3.63, 3.8) is 0 Å².